The minimum absolute atomic E-state index is 0.117. The monoisotopic (exact) mass is 286 g/mol. The number of halogens is 1. The molecular formula is C17H19FN2O. The number of hydrogen-bond acceptors (Lipinski definition) is 3. The van der Waals surface area contributed by atoms with E-state index < -0.39 is 0 Å². The highest BCUT2D eigenvalue weighted by molar-refractivity contribution is 5.61. The maximum absolute atomic E-state index is 13.0. The van der Waals surface area contributed by atoms with Crippen molar-refractivity contribution in [2.24, 2.45) is 5.73 Å². The van der Waals surface area contributed by atoms with Crippen molar-refractivity contribution >= 4 is 5.69 Å². The zero-order chi connectivity index (χ0) is 14.8. The average molecular weight is 286 g/mol. The maximum atomic E-state index is 13.0. The quantitative estimate of drug-likeness (QED) is 0.942. The number of rotatable bonds is 3. The predicted molar refractivity (Wildman–Crippen MR) is 81.9 cm³/mol. The van der Waals surface area contributed by atoms with Gasteiger partial charge in [0.25, 0.3) is 0 Å². The van der Waals surface area contributed by atoms with E-state index in [-0.39, 0.29) is 11.9 Å². The summed E-state index contributed by atoms with van der Waals surface area (Å²) >= 11 is 0. The second-order valence-corrected chi connectivity index (χ2v) is 5.44. The second-order valence-electron chi connectivity index (χ2n) is 5.44. The van der Waals surface area contributed by atoms with Gasteiger partial charge < -0.3 is 15.4 Å². The van der Waals surface area contributed by atoms with Crippen LogP contribution >= 0.6 is 0 Å². The van der Waals surface area contributed by atoms with Crippen LogP contribution in [0.3, 0.4) is 0 Å². The highest BCUT2D eigenvalue weighted by Crippen LogP contribution is 2.35. The lowest BCUT2D eigenvalue weighted by Gasteiger charge is -2.35. The molecule has 1 heterocycles. The molecule has 21 heavy (non-hydrogen) atoms. The van der Waals surface area contributed by atoms with Crippen molar-refractivity contribution in [3.63, 3.8) is 0 Å². The lowest BCUT2D eigenvalue weighted by Crippen LogP contribution is -2.38. The van der Waals surface area contributed by atoms with Crippen molar-refractivity contribution in [1.82, 2.24) is 0 Å². The smallest absolute Gasteiger partial charge is 0.143 e. The summed E-state index contributed by atoms with van der Waals surface area (Å²) in [4.78, 5) is 2.26. The van der Waals surface area contributed by atoms with Crippen LogP contribution in [-0.4, -0.2) is 12.6 Å². The van der Waals surface area contributed by atoms with Gasteiger partial charge in [-0.2, -0.15) is 0 Å². The van der Waals surface area contributed by atoms with Gasteiger partial charge in [0.1, 0.15) is 17.7 Å². The molecule has 0 saturated heterocycles. The van der Waals surface area contributed by atoms with Gasteiger partial charge in [0.2, 0.25) is 0 Å². The molecule has 110 valence electrons. The molecule has 1 unspecified atom stereocenters. The van der Waals surface area contributed by atoms with Gasteiger partial charge in [-0.05, 0) is 42.3 Å². The summed E-state index contributed by atoms with van der Waals surface area (Å²) in [5, 5.41) is 0. The van der Waals surface area contributed by atoms with Gasteiger partial charge in [-0.3, -0.25) is 0 Å². The first-order chi connectivity index (χ1) is 10.2. The maximum Gasteiger partial charge on any atom is 0.143 e. The number of nitrogens with two attached hydrogens (primary N) is 1. The Bertz CT molecular complexity index is 627. The largest absolute Gasteiger partial charge is 0.487 e. The Morgan fingerprint density at radius 3 is 2.62 bits per heavy atom. The second kappa shape index (κ2) is 5.74. The topological polar surface area (TPSA) is 38.5 Å². The summed E-state index contributed by atoms with van der Waals surface area (Å²) in [5.41, 5.74) is 8.89. The molecule has 3 nitrogen and oxygen atoms in total. The molecule has 2 aromatic rings. The van der Waals surface area contributed by atoms with Gasteiger partial charge in [0.05, 0.1) is 12.2 Å². The summed E-state index contributed by atoms with van der Waals surface area (Å²) < 4.78 is 18.9. The lowest BCUT2D eigenvalue weighted by molar-refractivity contribution is 0.212. The number of hydrogen-bond donors (Lipinski definition) is 1. The number of anilines is 1. The van der Waals surface area contributed by atoms with Gasteiger partial charge in [-0.15, -0.1) is 0 Å². The third-order valence-corrected chi connectivity index (χ3v) is 3.69. The van der Waals surface area contributed by atoms with Gasteiger partial charge in [0.15, 0.2) is 0 Å². The fourth-order valence-corrected chi connectivity index (χ4v) is 2.66. The van der Waals surface area contributed by atoms with Crippen LogP contribution in [0.1, 0.15) is 18.1 Å². The van der Waals surface area contributed by atoms with Crippen molar-refractivity contribution < 1.29 is 9.13 Å². The lowest BCUT2D eigenvalue weighted by atomic mass is 10.1. The molecule has 3 rings (SSSR count). The van der Waals surface area contributed by atoms with Crippen LogP contribution in [0.2, 0.25) is 0 Å². The Labute approximate surface area is 124 Å². The van der Waals surface area contributed by atoms with Crippen molar-refractivity contribution in [1.29, 1.82) is 0 Å². The van der Waals surface area contributed by atoms with E-state index in [4.69, 9.17) is 10.5 Å². The molecule has 0 fully saturated rings. The number of benzene rings is 2. The molecule has 0 amide bonds. The predicted octanol–water partition coefficient (Wildman–Crippen LogP) is 3.07. The minimum atomic E-state index is -0.206. The molecular weight excluding hydrogens is 267 g/mol. The summed E-state index contributed by atoms with van der Waals surface area (Å²) in [5.74, 6) is 0.667. The Morgan fingerprint density at radius 2 is 1.90 bits per heavy atom. The molecule has 0 bridgehead atoms. The first kappa shape index (κ1) is 13.9. The van der Waals surface area contributed by atoms with E-state index in [9.17, 15) is 4.39 Å². The van der Waals surface area contributed by atoms with Crippen LogP contribution in [-0.2, 0) is 13.1 Å². The Kier molecular flexibility index (Phi) is 3.80. The molecule has 0 aliphatic carbocycles. The molecule has 0 spiro atoms. The zero-order valence-electron chi connectivity index (χ0n) is 12.1. The molecule has 0 radical (unpaired) electrons. The van der Waals surface area contributed by atoms with Gasteiger partial charge in [0, 0.05) is 13.1 Å². The Balaban J connectivity index is 1.88. The normalized spacial score (nSPS) is 17.3. The van der Waals surface area contributed by atoms with E-state index >= 15 is 0 Å². The molecule has 2 N–H and O–H groups in total. The van der Waals surface area contributed by atoms with E-state index in [0.717, 1.165) is 35.7 Å². The van der Waals surface area contributed by atoms with Crippen LogP contribution in [0.25, 0.3) is 0 Å². The van der Waals surface area contributed by atoms with Gasteiger partial charge in [-0.25, -0.2) is 4.39 Å². The minimum Gasteiger partial charge on any atom is -0.487 e. The van der Waals surface area contributed by atoms with Gasteiger partial charge >= 0.3 is 0 Å². The van der Waals surface area contributed by atoms with E-state index in [1.165, 1.54) is 12.1 Å². The molecule has 1 aliphatic heterocycles. The van der Waals surface area contributed by atoms with E-state index in [1.54, 1.807) is 0 Å². The highest BCUT2D eigenvalue weighted by atomic mass is 19.1. The number of ether oxygens (including phenoxy) is 1. The molecule has 4 heteroatoms. The molecule has 0 saturated carbocycles. The van der Waals surface area contributed by atoms with Gasteiger partial charge in [-0.1, -0.05) is 18.2 Å². The highest BCUT2D eigenvalue weighted by Gasteiger charge is 2.23. The van der Waals surface area contributed by atoms with Crippen LogP contribution in [0.15, 0.2) is 42.5 Å². The summed E-state index contributed by atoms with van der Waals surface area (Å²) in [6.45, 7) is 4.11. The first-order valence-corrected chi connectivity index (χ1v) is 7.15. The van der Waals surface area contributed by atoms with Crippen molar-refractivity contribution in [2.75, 3.05) is 11.4 Å². The summed E-state index contributed by atoms with van der Waals surface area (Å²) in [6.07, 6.45) is 0.117. The van der Waals surface area contributed by atoms with Crippen LogP contribution in [0.5, 0.6) is 5.75 Å². The van der Waals surface area contributed by atoms with Crippen molar-refractivity contribution in [2.45, 2.75) is 26.1 Å². The van der Waals surface area contributed by atoms with E-state index in [1.807, 2.05) is 30.3 Å². The third-order valence-electron chi connectivity index (χ3n) is 3.69. The van der Waals surface area contributed by atoms with Crippen molar-refractivity contribution in [3.8, 4) is 5.75 Å². The summed E-state index contributed by atoms with van der Waals surface area (Å²) in [6, 6.07) is 12.7. The third kappa shape index (κ3) is 3.00. The average Bonchev–Trinajstić information content (AvgIpc) is 2.48. The Hall–Kier alpha value is -2.07. The molecule has 2 aromatic carbocycles. The number of fused-ring (bicyclic) bond motifs is 1. The van der Waals surface area contributed by atoms with Crippen LogP contribution in [0, 0.1) is 5.82 Å². The molecule has 1 atom stereocenters. The Morgan fingerprint density at radius 1 is 1.19 bits per heavy atom. The van der Waals surface area contributed by atoms with Crippen molar-refractivity contribution in [3.05, 3.63) is 59.4 Å². The standard InChI is InChI=1S/C17H19FN2O/c1-12-10-20(11-13-2-5-15(18)6-3-13)16-7-4-14(9-19)8-17(16)21-12/h2-8,12H,9-11,19H2,1H3. The zero-order valence-corrected chi connectivity index (χ0v) is 12.1. The van der Waals surface area contributed by atoms with E-state index in [0.29, 0.717) is 6.54 Å². The van der Waals surface area contributed by atoms with E-state index in [2.05, 4.69) is 11.8 Å². The summed E-state index contributed by atoms with van der Waals surface area (Å²) in [7, 11) is 0. The fraction of sp³-hybridized carbons (Fsp3) is 0.294. The van der Waals surface area contributed by atoms with Crippen LogP contribution in [0.4, 0.5) is 10.1 Å². The van der Waals surface area contributed by atoms with Crippen LogP contribution < -0.4 is 15.4 Å². The fourth-order valence-electron chi connectivity index (χ4n) is 2.66. The molecule has 0 aromatic heterocycles. The number of nitrogens with zero attached hydrogens (tertiary/aromatic N) is 1. The first-order valence-electron chi connectivity index (χ1n) is 7.15. The molecule has 1 aliphatic rings. The SMILES string of the molecule is CC1CN(Cc2ccc(F)cc2)c2ccc(CN)cc2O1.